The van der Waals surface area contributed by atoms with Gasteiger partial charge in [-0.15, -0.1) is 0 Å². The average Bonchev–Trinajstić information content (AvgIpc) is 2.89. The van der Waals surface area contributed by atoms with Gasteiger partial charge in [-0.3, -0.25) is 4.98 Å². The minimum atomic E-state index is -1.45. The summed E-state index contributed by atoms with van der Waals surface area (Å²) < 4.78 is 2.15. The normalized spacial score (nSPS) is 11.2. The standard InChI is InChI=1S/C17H13BN2O2/c21-18(22)12-5-7-13(8-6-12)20-16-4-2-1-3-14(16)15-11-19-10-9-17(15)20/h1-11,21-22H. The Bertz CT molecular complexity index is 908. The Morgan fingerprint density at radius 2 is 1.55 bits per heavy atom. The topological polar surface area (TPSA) is 58.3 Å². The Kier molecular flexibility index (Phi) is 2.96. The van der Waals surface area contributed by atoms with Crippen LogP contribution in [-0.4, -0.2) is 26.7 Å². The Morgan fingerprint density at radius 1 is 0.818 bits per heavy atom. The molecule has 4 rings (SSSR count). The van der Waals surface area contributed by atoms with Crippen molar-refractivity contribution in [1.29, 1.82) is 0 Å². The van der Waals surface area contributed by atoms with Crippen molar-refractivity contribution in [3.63, 3.8) is 0 Å². The number of benzene rings is 2. The Labute approximate surface area is 127 Å². The van der Waals surface area contributed by atoms with E-state index in [9.17, 15) is 10.0 Å². The van der Waals surface area contributed by atoms with Gasteiger partial charge in [0.15, 0.2) is 0 Å². The van der Waals surface area contributed by atoms with Crippen molar-refractivity contribution >= 4 is 34.4 Å². The van der Waals surface area contributed by atoms with E-state index in [1.54, 1.807) is 18.3 Å². The van der Waals surface area contributed by atoms with Crippen LogP contribution in [0.1, 0.15) is 0 Å². The van der Waals surface area contributed by atoms with Gasteiger partial charge < -0.3 is 14.6 Å². The first-order valence-corrected chi connectivity index (χ1v) is 7.05. The largest absolute Gasteiger partial charge is 0.488 e. The monoisotopic (exact) mass is 288 g/mol. The quantitative estimate of drug-likeness (QED) is 0.553. The van der Waals surface area contributed by atoms with E-state index in [0.717, 1.165) is 27.5 Å². The van der Waals surface area contributed by atoms with E-state index in [4.69, 9.17) is 0 Å². The first-order chi connectivity index (χ1) is 10.8. The van der Waals surface area contributed by atoms with E-state index in [1.165, 1.54) is 0 Å². The molecular weight excluding hydrogens is 275 g/mol. The molecule has 5 heteroatoms. The van der Waals surface area contributed by atoms with Gasteiger partial charge in [-0.25, -0.2) is 0 Å². The van der Waals surface area contributed by atoms with Gasteiger partial charge in [0.2, 0.25) is 0 Å². The van der Waals surface area contributed by atoms with E-state index in [2.05, 4.69) is 21.7 Å². The summed E-state index contributed by atoms with van der Waals surface area (Å²) in [6.07, 6.45) is 3.66. The van der Waals surface area contributed by atoms with Crippen LogP contribution >= 0.6 is 0 Å². The maximum Gasteiger partial charge on any atom is 0.488 e. The van der Waals surface area contributed by atoms with Crippen molar-refractivity contribution in [2.45, 2.75) is 0 Å². The number of para-hydroxylation sites is 1. The molecule has 4 nitrogen and oxygen atoms in total. The second-order valence-corrected chi connectivity index (χ2v) is 5.21. The van der Waals surface area contributed by atoms with Gasteiger partial charge in [-0.1, -0.05) is 30.3 Å². The van der Waals surface area contributed by atoms with Crippen LogP contribution in [-0.2, 0) is 0 Å². The van der Waals surface area contributed by atoms with Crippen LogP contribution in [0.4, 0.5) is 0 Å². The lowest BCUT2D eigenvalue weighted by Gasteiger charge is -2.08. The molecule has 0 saturated heterocycles. The van der Waals surface area contributed by atoms with E-state index < -0.39 is 7.12 Å². The highest BCUT2D eigenvalue weighted by Gasteiger charge is 2.13. The maximum absolute atomic E-state index is 9.23. The molecule has 2 heterocycles. The molecule has 106 valence electrons. The summed E-state index contributed by atoms with van der Waals surface area (Å²) >= 11 is 0. The number of hydrogen-bond donors (Lipinski definition) is 2. The smallest absolute Gasteiger partial charge is 0.423 e. The van der Waals surface area contributed by atoms with Gasteiger partial charge in [0.1, 0.15) is 0 Å². The van der Waals surface area contributed by atoms with E-state index in [-0.39, 0.29) is 0 Å². The predicted molar refractivity (Wildman–Crippen MR) is 88.4 cm³/mol. The second kappa shape index (κ2) is 4.98. The van der Waals surface area contributed by atoms with Gasteiger partial charge in [-0.05, 0) is 29.7 Å². The van der Waals surface area contributed by atoms with Crippen molar-refractivity contribution in [3.05, 3.63) is 67.0 Å². The molecule has 2 aromatic carbocycles. The fourth-order valence-corrected chi connectivity index (χ4v) is 2.89. The summed E-state index contributed by atoms with van der Waals surface area (Å²) in [5.74, 6) is 0. The van der Waals surface area contributed by atoms with Crippen LogP contribution in [0.5, 0.6) is 0 Å². The molecule has 0 aliphatic rings. The molecule has 0 spiro atoms. The molecule has 0 bridgehead atoms. The highest BCUT2D eigenvalue weighted by Crippen LogP contribution is 2.30. The summed E-state index contributed by atoms with van der Waals surface area (Å²) in [6, 6.07) is 17.4. The number of pyridine rings is 1. The summed E-state index contributed by atoms with van der Waals surface area (Å²) in [5, 5.41) is 20.7. The van der Waals surface area contributed by atoms with Crippen LogP contribution < -0.4 is 5.46 Å². The summed E-state index contributed by atoms with van der Waals surface area (Å²) in [5.41, 5.74) is 3.63. The number of fused-ring (bicyclic) bond motifs is 3. The number of nitrogens with zero attached hydrogens (tertiary/aromatic N) is 2. The zero-order valence-electron chi connectivity index (χ0n) is 11.7. The lowest BCUT2D eigenvalue weighted by molar-refractivity contribution is 0.426. The first-order valence-electron chi connectivity index (χ1n) is 7.05. The lowest BCUT2D eigenvalue weighted by atomic mass is 9.80. The third-order valence-electron chi connectivity index (χ3n) is 3.92. The number of hydrogen-bond acceptors (Lipinski definition) is 3. The minimum absolute atomic E-state index is 0.478. The molecule has 4 aromatic rings. The first kappa shape index (κ1) is 13.1. The van der Waals surface area contributed by atoms with Gasteiger partial charge in [-0.2, -0.15) is 0 Å². The van der Waals surface area contributed by atoms with E-state index >= 15 is 0 Å². The van der Waals surface area contributed by atoms with Gasteiger partial charge in [0.05, 0.1) is 11.0 Å². The molecule has 22 heavy (non-hydrogen) atoms. The summed E-state index contributed by atoms with van der Waals surface area (Å²) in [6.45, 7) is 0. The molecule has 0 unspecified atom stereocenters. The number of rotatable bonds is 2. The Hall–Kier alpha value is -2.63. The van der Waals surface area contributed by atoms with Crippen molar-refractivity contribution < 1.29 is 10.0 Å². The van der Waals surface area contributed by atoms with Crippen LogP contribution in [0.3, 0.4) is 0 Å². The third-order valence-corrected chi connectivity index (χ3v) is 3.92. The average molecular weight is 288 g/mol. The Balaban J connectivity index is 2.04. The highest BCUT2D eigenvalue weighted by molar-refractivity contribution is 6.58. The zero-order chi connectivity index (χ0) is 15.1. The zero-order valence-corrected chi connectivity index (χ0v) is 11.7. The van der Waals surface area contributed by atoms with E-state index in [1.807, 2.05) is 36.5 Å². The van der Waals surface area contributed by atoms with Crippen LogP contribution in [0.25, 0.3) is 27.5 Å². The van der Waals surface area contributed by atoms with Crippen LogP contribution in [0.2, 0.25) is 0 Å². The molecule has 0 radical (unpaired) electrons. The van der Waals surface area contributed by atoms with Crippen molar-refractivity contribution in [2.24, 2.45) is 0 Å². The highest BCUT2D eigenvalue weighted by atomic mass is 16.4. The SMILES string of the molecule is OB(O)c1ccc(-n2c3ccccc3c3cnccc32)cc1. The molecule has 0 aliphatic heterocycles. The molecule has 0 fully saturated rings. The van der Waals surface area contributed by atoms with E-state index in [0.29, 0.717) is 5.46 Å². The predicted octanol–water partition coefficient (Wildman–Crippen LogP) is 1.86. The molecule has 0 saturated carbocycles. The third kappa shape index (κ3) is 1.91. The molecule has 2 aromatic heterocycles. The van der Waals surface area contributed by atoms with Gasteiger partial charge in [0.25, 0.3) is 0 Å². The summed E-state index contributed by atoms with van der Waals surface area (Å²) in [7, 11) is -1.45. The maximum atomic E-state index is 9.23. The fourth-order valence-electron chi connectivity index (χ4n) is 2.89. The lowest BCUT2D eigenvalue weighted by Crippen LogP contribution is -2.29. The van der Waals surface area contributed by atoms with Crippen molar-refractivity contribution in [1.82, 2.24) is 9.55 Å². The Morgan fingerprint density at radius 3 is 2.32 bits per heavy atom. The molecule has 0 amide bonds. The number of aromatic nitrogens is 2. The molecule has 0 atom stereocenters. The minimum Gasteiger partial charge on any atom is -0.423 e. The van der Waals surface area contributed by atoms with Gasteiger partial charge in [0, 0.05) is 28.9 Å². The van der Waals surface area contributed by atoms with Gasteiger partial charge >= 0.3 is 7.12 Å². The molecule has 2 N–H and O–H groups in total. The molecule has 0 aliphatic carbocycles. The van der Waals surface area contributed by atoms with Crippen LogP contribution in [0, 0.1) is 0 Å². The van der Waals surface area contributed by atoms with Crippen LogP contribution in [0.15, 0.2) is 67.0 Å². The summed E-state index contributed by atoms with van der Waals surface area (Å²) in [4.78, 5) is 4.23. The van der Waals surface area contributed by atoms with Crippen molar-refractivity contribution in [2.75, 3.05) is 0 Å². The fraction of sp³-hybridized carbons (Fsp3) is 0. The second-order valence-electron chi connectivity index (χ2n) is 5.21. The molecular formula is C17H13BN2O2. The van der Waals surface area contributed by atoms with Crippen molar-refractivity contribution in [3.8, 4) is 5.69 Å².